The first-order valence-corrected chi connectivity index (χ1v) is 11.9. The molecule has 32 heavy (non-hydrogen) atoms. The zero-order valence-electron chi connectivity index (χ0n) is 19.0. The van der Waals surface area contributed by atoms with Crippen molar-refractivity contribution < 1.29 is 9.18 Å². The molecule has 5 rings (SSSR count). The number of halogens is 1. The minimum absolute atomic E-state index is 0.0482. The van der Waals surface area contributed by atoms with Crippen LogP contribution in [-0.2, 0) is 23.2 Å². The number of fused-ring (bicyclic) bond motifs is 1. The molecule has 3 heterocycles. The first-order chi connectivity index (χ1) is 15.5. The van der Waals surface area contributed by atoms with Crippen LogP contribution in [0, 0.1) is 5.82 Å². The lowest BCUT2D eigenvalue weighted by molar-refractivity contribution is -0.138. The van der Waals surface area contributed by atoms with E-state index in [9.17, 15) is 9.18 Å². The standard InChI is InChI=1S/C25H32FN5O/c1-27-22-17-11-15-30(2)16-20(17)28-23(29-22)21-10-7-14-31(21)24(32)25(12-5-6-13-25)18-8-3-4-9-19(18)26/h3-4,8-9,21H,5-7,10-16H2,1-2H3,(H,27,28,29)/t21-/m0/s1. The summed E-state index contributed by atoms with van der Waals surface area (Å²) in [5.74, 6) is 1.37. The van der Waals surface area contributed by atoms with Gasteiger partial charge in [0.1, 0.15) is 11.6 Å². The van der Waals surface area contributed by atoms with Crippen molar-refractivity contribution in [2.45, 2.75) is 62.9 Å². The number of anilines is 1. The van der Waals surface area contributed by atoms with Crippen LogP contribution in [0.15, 0.2) is 24.3 Å². The van der Waals surface area contributed by atoms with Crippen molar-refractivity contribution in [3.63, 3.8) is 0 Å². The van der Waals surface area contributed by atoms with Gasteiger partial charge in [-0.05, 0) is 45.2 Å². The van der Waals surface area contributed by atoms with E-state index in [0.717, 1.165) is 62.5 Å². The van der Waals surface area contributed by atoms with Gasteiger partial charge < -0.3 is 15.1 Å². The van der Waals surface area contributed by atoms with Gasteiger partial charge in [0.25, 0.3) is 0 Å². The lowest BCUT2D eigenvalue weighted by Crippen LogP contribution is -2.46. The molecule has 2 aromatic rings. The van der Waals surface area contributed by atoms with Crippen LogP contribution in [0.3, 0.4) is 0 Å². The molecule has 1 saturated carbocycles. The zero-order chi connectivity index (χ0) is 22.3. The predicted molar refractivity (Wildman–Crippen MR) is 122 cm³/mol. The highest BCUT2D eigenvalue weighted by molar-refractivity contribution is 5.89. The van der Waals surface area contributed by atoms with E-state index in [4.69, 9.17) is 9.97 Å². The third kappa shape index (κ3) is 3.47. The Labute approximate surface area is 189 Å². The van der Waals surface area contributed by atoms with Crippen molar-refractivity contribution in [1.82, 2.24) is 19.8 Å². The van der Waals surface area contributed by atoms with Crippen molar-refractivity contribution in [2.24, 2.45) is 0 Å². The topological polar surface area (TPSA) is 61.4 Å². The maximum atomic E-state index is 14.9. The Balaban J connectivity index is 1.52. The van der Waals surface area contributed by atoms with Crippen LogP contribution >= 0.6 is 0 Å². The first-order valence-electron chi connectivity index (χ1n) is 11.9. The summed E-state index contributed by atoms with van der Waals surface area (Å²) in [6.45, 7) is 2.46. The van der Waals surface area contributed by atoms with Crippen molar-refractivity contribution in [1.29, 1.82) is 0 Å². The fourth-order valence-corrected chi connectivity index (χ4v) is 5.92. The van der Waals surface area contributed by atoms with Gasteiger partial charge in [0, 0.05) is 37.8 Å². The van der Waals surface area contributed by atoms with Gasteiger partial charge in [-0.2, -0.15) is 0 Å². The fourth-order valence-electron chi connectivity index (χ4n) is 5.92. The average Bonchev–Trinajstić information content (AvgIpc) is 3.48. The number of nitrogens with one attached hydrogen (secondary N) is 1. The molecule has 6 nitrogen and oxygen atoms in total. The summed E-state index contributed by atoms with van der Waals surface area (Å²) in [7, 11) is 4.00. The molecule has 3 aliphatic rings. The summed E-state index contributed by atoms with van der Waals surface area (Å²) in [5, 5.41) is 3.25. The molecule has 1 aromatic heterocycles. The highest BCUT2D eigenvalue weighted by Gasteiger charge is 2.49. The average molecular weight is 438 g/mol. The van der Waals surface area contributed by atoms with E-state index >= 15 is 0 Å². The van der Waals surface area contributed by atoms with Crippen LogP contribution in [0.1, 0.15) is 67.2 Å². The van der Waals surface area contributed by atoms with Gasteiger partial charge in [-0.15, -0.1) is 0 Å². The number of likely N-dealkylation sites (tertiary alicyclic amines) is 1. The van der Waals surface area contributed by atoms with Crippen LogP contribution in [0.25, 0.3) is 0 Å². The third-order valence-electron chi connectivity index (χ3n) is 7.58. The van der Waals surface area contributed by atoms with E-state index < -0.39 is 5.41 Å². The first kappa shape index (κ1) is 21.3. The quantitative estimate of drug-likeness (QED) is 0.788. The molecular weight excluding hydrogens is 405 g/mol. The number of carbonyl (C=O) groups is 1. The van der Waals surface area contributed by atoms with Gasteiger partial charge in [-0.1, -0.05) is 31.0 Å². The van der Waals surface area contributed by atoms with E-state index in [1.807, 2.05) is 18.0 Å². The number of aromatic nitrogens is 2. The summed E-state index contributed by atoms with van der Waals surface area (Å²) in [4.78, 5) is 28.1. The Bertz CT molecular complexity index is 1020. The highest BCUT2D eigenvalue weighted by Crippen LogP contribution is 2.46. The molecule has 1 amide bonds. The van der Waals surface area contributed by atoms with Crippen LogP contribution in [0.4, 0.5) is 10.2 Å². The van der Waals surface area contributed by atoms with E-state index in [1.165, 1.54) is 11.6 Å². The van der Waals surface area contributed by atoms with Crippen LogP contribution < -0.4 is 5.32 Å². The van der Waals surface area contributed by atoms with Crippen LogP contribution in [0.2, 0.25) is 0 Å². The molecule has 1 N–H and O–H groups in total. The number of rotatable bonds is 4. The maximum absolute atomic E-state index is 14.9. The van der Waals surface area contributed by atoms with Gasteiger partial charge in [0.05, 0.1) is 17.2 Å². The lowest BCUT2D eigenvalue weighted by atomic mass is 9.77. The summed E-state index contributed by atoms with van der Waals surface area (Å²) in [6, 6.07) is 6.66. The molecule has 0 bridgehead atoms. The Morgan fingerprint density at radius 1 is 1.16 bits per heavy atom. The minimum Gasteiger partial charge on any atom is -0.373 e. The van der Waals surface area contributed by atoms with E-state index in [0.29, 0.717) is 24.9 Å². The second-order valence-electron chi connectivity index (χ2n) is 9.52. The van der Waals surface area contributed by atoms with E-state index in [-0.39, 0.29) is 17.8 Å². The number of hydrogen-bond donors (Lipinski definition) is 1. The largest absolute Gasteiger partial charge is 0.373 e. The highest BCUT2D eigenvalue weighted by atomic mass is 19.1. The second-order valence-corrected chi connectivity index (χ2v) is 9.52. The van der Waals surface area contributed by atoms with Gasteiger partial charge in [0.15, 0.2) is 5.82 Å². The normalized spacial score (nSPS) is 22.7. The van der Waals surface area contributed by atoms with Crippen LogP contribution in [-0.4, -0.2) is 52.9 Å². The lowest BCUT2D eigenvalue weighted by Gasteiger charge is -2.36. The Kier molecular flexibility index (Phi) is 5.61. The van der Waals surface area contributed by atoms with Gasteiger partial charge in [-0.25, -0.2) is 14.4 Å². The van der Waals surface area contributed by atoms with Crippen molar-refractivity contribution in [3.8, 4) is 0 Å². The van der Waals surface area contributed by atoms with Crippen molar-refractivity contribution in [2.75, 3.05) is 32.5 Å². The number of nitrogens with zero attached hydrogens (tertiary/aromatic N) is 4. The number of amides is 1. The molecule has 0 radical (unpaired) electrons. The minimum atomic E-state index is -0.770. The van der Waals surface area contributed by atoms with Crippen LogP contribution in [0.5, 0.6) is 0 Å². The van der Waals surface area contributed by atoms with E-state index in [1.54, 1.807) is 12.1 Å². The third-order valence-corrected chi connectivity index (χ3v) is 7.58. The summed E-state index contributed by atoms with van der Waals surface area (Å²) < 4.78 is 14.9. The van der Waals surface area contributed by atoms with E-state index in [2.05, 4.69) is 17.3 Å². The smallest absolute Gasteiger partial charge is 0.233 e. The number of benzene rings is 1. The molecule has 2 aliphatic heterocycles. The Hall–Kier alpha value is -2.54. The number of hydrogen-bond acceptors (Lipinski definition) is 5. The molecule has 7 heteroatoms. The monoisotopic (exact) mass is 437 g/mol. The molecule has 1 atom stereocenters. The predicted octanol–water partition coefficient (Wildman–Crippen LogP) is 3.82. The molecule has 1 saturated heterocycles. The summed E-state index contributed by atoms with van der Waals surface area (Å²) in [5.41, 5.74) is 2.02. The zero-order valence-corrected chi connectivity index (χ0v) is 19.0. The van der Waals surface area contributed by atoms with Gasteiger partial charge in [-0.3, -0.25) is 4.79 Å². The Morgan fingerprint density at radius 3 is 2.69 bits per heavy atom. The Morgan fingerprint density at radius 2 is 1.94 bits per heavy atom. The number of likely N-dealkylation sites (N-methyl/N-ethyl adjacent to an activating group) is 1. The molecular formula is C25H32FN5O. The summed E-state index contributed by atoms with van der Waals surface area (Å²) >= 11 is 0. The molecule has 0 spiro atoms. The molecule has 0 unspecified atom stereocenters. The maximum Gasteiger partial charge on any atom is 0.233 e. The van der Waals surface area contributed by atoms with Gasteiger partial charge in [0.2, 0.25) is 5.91 Å². The fraction of sp³-hybridized carbons (Fsp3) is 0.560. The molecule has 170 valence electrons. The van der Waals surface area contributed by atoms with Crippen molar-refractivity contribution >= 4 is 11.7 Å². The molecule has 1 aromatic carbocycles. The molecule has 2 fully saturated rings. The SMILES string of the molecule is CNc1nc([C@@H]2CCCN2C(=O)C2(c3ccccc3F)CCCC2)nc2c1CCN(C)C2. The second kappa shape index (κ2) is 8.43. The van der Waals surface area contributed by atoms with Gasteiger partial charge >= 0.3 is 0 Å². The number of carbonyl (C=O) groups excluding carboxylic acids is 1. The van der Waals surface area contributed by atoms with Crippen molar-refractivity contribution in [3.05, 3.63) is 52.7 Å². The molecule has 1 aliphatic carbocycles. The summed E-state index contributed by atoms with van der Waals surface area (Å²) in [6.07, 6.45) is 5.98.